The zero-order valence-corrected chi connectivity index (χ0v) is 19.5. The average molecular weight is 494 g/mol. The van der Waals surface area contributed by atoms with Gasteiger partial charge in [-0.2, -0.15) is 0 Å². The van der Waals surface area contributed by atoms with Crippen LogP contribution in [-0.4, -0.2) is 40.1 Å². The standard InChI is InChI=1S/C23H22Cl2FN3O4/c1-11(30)23(31)29-7-5-13(6-8-29)15-10-32-20-14(15)9-28-22(27)21(20)33-12(2)18-16(24)3-4-17(26)19(18)25/h3-5,9-12,30H,6-8H2,1-2H3,(H2,27,28)/t11-,12?/m0/s1. The third-order valence-electron chi connectivity index (χ3n) is 5.61. The van der Waals surface area contributed by atoms with Gasteiger partial charge in [0.05, 0.1) is 16.7 Å². The van der Waals surface area contributed by atoms with Crippen LogP contribution in [0, 0.1) is 5.82 Å². The van der Waals surface area contributed by atoms with Gasteiger partial charge in [-0.05, 0) is 38.0 Å². The second-order valence-electron chi connectivity index (χ2n) is 7.82. The first-order valence-corrected chi connectivity index (χ1v) is 11.1. The number of hydrogen-bond acceptors (Lipinski definition) is 6. The van der Waals surface area contributed by atoms with E-state index in [1.54, 1.807) is 24.3 Å². The van der Waals surface area contributed by atoms with Crippen LogP contribution in [-0.2, 0) is 4.79 Å². The number of fused-ring (bicyclic) bond motifs is 1. The quantitative estimate of drug-likeness (QED) is 0.485. The van der Waals surface area contributed by atoms with E-state index in [9.17, 15) is 14.3 Å². The predicted octanol–water partition coefficient (Wildman–Crippen LogP) is 4.99. The summed E-state index contributed by atoms with van der Waals surface area (Å²) < 4.78 is 25.8. The molecule has 0 fully saturated rings. The Kier molecular flexibility index (Phi) is 6.52. The number of aliphatic hydroxyl groups is 1. The summed E-state index contributed by atoms with van der Waals surface area (Å²) in [6.45, 7) is 3.98. The van der Waals surface area contributed by atoms with Gasteiger partial charge in [-0.25, -0.2) is 9.37 Å². The Balaban J connectivity index is 1.66. The average Bonchev–Trinajstić information content (AvgIpc) is 3.22. The van der Waals surface area contributed by atoms with Crippen LogP contribution in [0.3, 0.4) is 0 Å². The maximum absolute atomic E-state index is 14.0. The third kappa shape index (κ3) is 4.38. The van der Waals surface area contributed by atoms with E-state index in [4.69, 9.17) is 38.1 Å². The lowest BCUT2D eigenvalue weighted by Gasteiger charge is -2.27. The van der Waals surface area contributed by atoms with E-state index in [0.29, 0.717) is 36.0 Å². The highest BCUT2D eigenvalue weighted by molar-refractivity contribution is 6.36. The van der Waals surface area contributed by atoms with Crippen molar-refractivity contribution in [1.82, 2.24) is 9.88 Å². The van der Waals surface area contributed by atoms with E-state index < -0.39 is 18.0 Å². The van der Waals surface area contributed by atoms with Gasteiger partial charge >= 0.3 is 0 Å². The van der Waals surface area contributed by atoms with Crippen LogP contribution in [0.15, 0.2) is 35.1 Å². The molecule has 3 heterocycles. The number of aliphatic hydroxyl groups excluding tert-OH is 1. The Labute approximate surface area is 199 Å². The van der Waals surface area contributed by atoms with Gasteiger partial charge in [-0.15, -0.1) is 0 Å². The van der Waals surface area contributed by atoms with Crippen molar-refractivity contribution in [2.75, 3.05) is 18.8 Å². The Morgan fingerprint density at radius 2 is 2.12 bits per heavy atom. The highest BCUT2D eigenvalue weighted by atomic mass is 35.5. The largest absolute Gasteiger partial charge is 0.478 e. The molecule has 2 atom stereocenters. The van der Waals surface area contributed by atoms with E-state index >= 15 is 0 Å². The molecule has 4 rings (SSSR count). The van der Waals surface area contributed by atoms with Crippen LogP contribution < -0.4 is 10.5 Å². The Morgan fingerprint density at radius 3 is 2.79 bits per heavy atom. The molecule has 174 valence electrons. The minimum atomic E-state index is -1.04. The summed E-state index contributed by atoms with van der Waals surface area (Å²) in [4.78, 5) is 17.9. The molecule has 0 aliphatic carbocycles. The molecule has 33 heavy (non-hydrogen) atoms. The number of rotatable bonds is 5. The van der Waals surface area contributed by atoms with E-state index in [-0.39, 0.29) is 27.5 Å². The lowest BCUT2D eigenvalue weighted by molar-refractivity contribution is -0.138. The molecule has 3 aromatic rings. The summed E-state index contributed by atoms with van der Waals surface area (Å²) in [5.41, 5.74) is 8.53. The van der Waals surface area contributed by atoms with Crippen LogP contribution in [0.5, 0.6) is 5.75 Å². The maximum Gasteiger partial charge on any atom is 0.251 e. The molecule has 0 saturated heterocycles. The molecule has 1 unspecified atom stereocenters. The van der Waals surface area contributed by atoms with Gasteiger partial charge in [0, 0.05) is 35.4 Å². The molecular formula is C23H22Cl2FN3O4. The highest BCUT2D eigenvalue weighted by Gasteiger charge is 2.25. The van der Waals surface area contributed by atoms with Crippen LogP contribution in [0.1, 0.15) is 37.5 Å². The number of carbonyl (C=O) groups is 1. The molecule has 0 spiro atoms. The number of hydrogen-bond donors (Lipinski definition) is 2. The number of nitrogens with two attached hydrogens (primary N) is 1. The van der Waals surface area contributed by atoms with Crippen LogP contribution in [0.2, 0.25) is 10.0 Å². The molecule has 2 aromatic heterocycles. The Morgan fingerprint density at radius 1 is 1.36 bits per heavy atom. The predicted molar refractivity (Wildman–Crippen MR) is 125 cm³/mol. The van der Waals surface area contributed by atoms with Crippen molar-refractivity contribution in [3.63, 3.8) is 0 Å². The number of ether oxygens (including phenoxy) is 1. The summed E-state index contributed by atoms with van der Waals surface area (Å²) in [6.07, 6.45) is 3.90. The van der Waals surface area contributed by atoms with Gasteiger partial charge in [0.15, 0.2) is 11.4 Å². The number of pyridine rings is 1. The van der Waals surface area contributed by atoms with E-state index in [0.717, 1.165) is 11.1 Å². The molecule has 10 heteroatoms. The molecule has 0 saturated carbocycles. The number of anilines is 1. The molecule has 0 radical (unpaired) electrons. The number of carbonyl (C=O) groups excluding carboxylic acids is 1. The zero-order chi connectivity index (χ0) is 23.9. The zero-order valence-electron chi connectivity index (χ0n) is 17.9. The van der Waals surface area contributed by atoms with Crippen LogP contribution in [0.4, 0.5) is 10.2 Å². The summed E-state index contributed by atoms with van der Waals surface area (Å²) in [5, 5.41) is 10.3. The van der Waals surface area contributed by atoms with E-state index in [1.165, 1.54) is 19.1 Å². The number of benzene rings is 1. The topological polar surface area (TPSA) is 102 Å². The number of halogens is 3. The molecule has 1 aromatic carbocycles. The monoisotopic (exact) mass is 493 g/mol. The second-order valence-corrected chi connectivity index (χ2v) is 8.61. The van der Waals surface area contributed by atoms with Crippen molar-refractivity contribution in [2.24, 2.45) is 0 Å². The Hall–Kier alpha value is -2.81. The molecule has 7 nitrogen and oxygen atoms in total. The first-order valence-electron chi connectivity index (χ1n) is 10.3. The van der Waals surface area contributed by atoms with Gasteiger partial charge < -0.3 is 24.9 Å². The molecule has 1 aliphatic heterocycles. The maximum atomic E-state index is 14.0. The fourth-order valence-corrected chi connectivity index (χ4v) is 4.55. The van der Waals surface area contributed by atoms with Gasteiger partial charge in [0.2, 0.25) is 5.75 Å². The molecule has 1 aliphatic rings. The van der Waals surface area contributed by atoms with E-state index in [2.05, 4.69) is 4.98 Å². The van der Waals surface area contributed by atoms with Gasteiger partial charge in [-0.1, -0.05) is 29.3 Å². The molecule has 3 N–H and O–H groups in total. The highest BCUT2D eigenvalue weighted by Crippen LogP contribution is 2.41. The Bertz CT molecular complexity index is 1260. The van der Waals surface area contributed by atoms with Crippen molar-refractivity contribution in [3.8, 4) is 5.75 Å². The summed E-state index contributed by atoms with van der Waals surface area (Å²) >= 11 is 12.3. The van der Waals surface area contributed by atoms with Crippen molar-refractivity contribution in [3.05, 3.63) is 57.7 Å². The van der Waals surface area contributed by atoms with Crippen LogP contribution >= 0.6 is 23.2 Å². The minimum Gasteiger partial charge on any atom is -0.478 e. The fourth-order valence-electron chi connectivity index (χ4n) is 3.87. The first-order chi connectivity index (χ1) is 15.7. The van der Waals surface area contributed by atoms with E-state index in [1.807, 2.05) is 6.08 Å². The van der Waals surface area contributed by atoms with Gasteiger partial charge in [0.25, 0.3) is 5.91 Å². The number of aromatic nitrogens is 1. The number of nitrogens with zero attached hydrogens (tertiary/aromatic N) is 2. The third-order valence-corrected chi connectivity index (χ3v) is 6.32. The molecule has 1 amide bonds. The summed E-state index contributed by atoms with van der Waals surface area (Å²) in [7, 11) is 0. The smallest absolute Gasteiger partial charge is 0.251 e. The second kappa shape index (κ2) is 9.21. The van der Waals surface area contributed by atoms with Crippen LogP contribution in [0.25, 0.3) is 16.5 Å². The lowest BCUT2D eigenvalue weighted by Crippen LogP contribution is -2.40. The summed E-state index contributed by atoms with van der Waals surface area (Å²) in [6, 6.07) is 2.59. The molecular weight excluding hydrogens is 472 g/mol. The van der Waals surface area contributed by atoms with Gasteiger partial charge in [0.1, 0.15) is 18.0 Å². The number of furan rings is 1. The minimum absolute atomic E-state index is 0.102. The SMILES string of the molecule is CC(Oc1c(N)ncc2c(C3=CCN(C(=O)[C@H](C)O)CC3)coc12)c1c(Cl)ccc(F)c1Cl. The normalized spacial score (nSPS) is 15.9. The number of amides is 1. The van der Waals surface area contributed by atoms with Crippen molar-refractivity contribution in [2.45, 2.75) is 32.5 Å². The van der Waals surface area contributed by atoms with Crippen molar-refractivity contribution < 1.29 is 23.4 Å². The first kappa shape index (κ1) is 23.4. The van der Waals surface area contributed by atoms with Crippen molar-refractivity contribution >= 4 is 51.5 Å². The fraction of sp³-hybridized carbons (Fsp3) is 0.304. The molecule has 0 bridgehead atoms. The summed E-state index contributed by atoms with van der Waals surface area (Å²) in [5.74, 6) is -0.616. The lowest BCUT2D eigenvalue weighted by atomic mass is 9.99. The van der Waals surface area contributed by atoms with Crippen molar-refractivity contribution in [1.29, 1.82) is 0 Å². The number of nitrogen functional groups attached to an aromatic ring is 1. The van der Waals surface area contributed by atoms with Gasteiger partial charge in [-0.3, -0.25) is 4.79 Å².